The molecule has 0 amide bonds. The van der Waals surface area contributed by atoms with Crippen LogP contribution in [0.15, 0.2) is 15.8 Å². The van der Waals surface area contributed by atoms with Crippen LogP contribution >= 0.6 is 0 Å². The van der Waals surface area contributed by atoms with Gasteiger partial charge in [-0.1, -0.05) is 0 Å². The number of nitrogens with one attached hydrogen (secondary N) is 1. The van der Waals surface area contributed by atoms with Crippen molar-refractivity contribution in [2.24, 2.45) is 0 Å². The first-order valence-corrected chi connectivity index (χ1v) is 4.61. The number of hydrogen-bond donors (Lipinski definition) is 3. The molecule has 0 aromatic carbocycles. The molecular weight excluding hydrogens is 198 g/mol. The van der Waals surface area contributed by atoms with Crippen LogP contribution in [-0.2, 0) is 6.54 Å². The van der Waals surface area contributed by atoms with E-state index in [4.69, 9.17) is 5.73 Å². The summed E-state index contributed by atoms with van der Waals surface area (Å²) in [6.45, 7) is 3.60. The summed E-state index contributed by atoms with van der Waals surface area (Å²) in [4.78, 5) is 24.3. The van der Waals surface area contributed by atoms with Crippen LogP contribution in [-0.4, -0.2) is 20.3 Å². The van der Waals surface area contributed by atoms with Gasteiger partial charge in [-0.15, -0.1) is 0 Å². The first kappa shape index (κ1) is 11.5. The number of nitrogen functional groups attached to an aromatic ring is 1. The molecule has 0 atom stereocenters. The van der Waals surface area contributed by atoms with E-state index in [9.17, 15) is 14.7 Å². The second kappa shape index (κ2) is 3.90. The van der Waals surface area contributed by atoms with Crippen molar-refractivity contribution in [1.82, 2.24) is 9.55 Å². The Kier molecular flexibility index (Phi) is 2.99. The molecule has 0 radical (unpaired) electrons. The van der Waals surface area contributed by atoms with E-state index in [1.807, 2.05) is 0 Å². The van der Waals surface area contributed by atoms with Crippen molar-refractivity contribution in [2.45, 2.75) is 32.4 Å². The zero-order chi connectivity index (χ0) is 11.6. The largest absolute Gasteiger partial charge is 0.393 e. The number of aromatic amines is 1. The number of nitrogens with two attached hydrogens (primary N) is 1. The van der Waals surface area contributed by atoms with Gasteiger partial charge in [0.25, 0.3) is 5.56 Å². The molecule has 0 saturated heterocycles. The van der Waals surface area contributed by atoms with E-state index in [1.54, 1.807) is 13.8 Å². The van der Waals surface area contributed by atoms with Gasteiger partial charge in [0.1, 0.15) is 5.69 Å². The predicted molar refractivity (Wildman–Crippen MR) is 56.6 cm³/mol. The summed E-state index contributed by atoms with van der Waals surface area (Å²) in [6.07, 6.45) is 1.69. The van der Waals surface area contributed by atoms with E-state index in [-0.39, 0.29) is 5.69 Å². The number of nitrogens with zero attached hydrogens (tertiary/aromatic N) is 1. The summed E-state index contributed by atoms with van der Waals surface area (Å²) >= 11 is 0. The zero-order valence-electron chi connectivity index (χ0n) is 8.78. The molecule has 1 rings (SSSR count). The summed E-state index contributed by atoms with van der Waals surface area (Å²) in [6, 6.07) is 0. The molecule has 15 heavy (non-hydrogen) atoms. The van der Waals surface area contributed by atoms with Crippen molar-refractivity contribution in [3.8, 4) is 0 Å². The normalized spacial score (nSPS) is 11.7. The molecule has 0 unspecified atom stereocenters. The van der Waals surface area contributed by atoms with Gasteiger partial charge in [-0.25, -0.2) is 4.79 Å². The van der Waals surface area contributed by atoms with Crippen LogP contribution in [0.2, 0.25) is 0 Å². The number of aromatic nitrogens is 2. The maximum absolute atomic E-state index is 11.3. The third-order valence-electron chi connectivity index (χ3n) is 2.00. The van der Waals surface area contributed by atoms with E-state index in [1.165, 1.54) is 10.8 Å². The second-order valence-electron chi connectivity index (χ2n) is 4.10. The molecule has 0 saturated carbocycles. The van der Waals surface area contributed by atoms with Crippen molar-refractivity contribution in [1.29, 1.82) is 0 Å². The topological polar surface area (TPSA) is 101 Å². The van der Waals surface area contributed by atoms with Crippen molar-refractivity contribution in [3.05, 3.63) is 27.0 Å². The van der Waals surface area contributed by atoms with Crippen LogP contribution in [0.25, 0.3) is 0 Å². The number of aryl methyl sites for hydroxylation is 1. The van der Waals surface area contributed by atoms with Crippen molar-refractivity contribution in [2.75, 3.05) is 5.73 Å². The Labute approximate surface area is 86.4 Å². The molecule has 1 heterocycles. The lowest BCUT2D eigenvalue weighted by Gasteiger charge is -2.17. The second-order valence-corrected chi connectivity index (χ2v) is 4.10. The molecular formula is C9H15N3O3. The van der Waals surface area contributed by atoms with E-state index in [2.05, 4.69) is 4.98 Å². The zero-order valence-corrected chi connectivity index (χ0v) is 8.78. The van der Waals surface area contributed by atoms with E-state index < -0.39 is 16.9 Å². The van der Waals surface area contributed by atoms with E-state index in [0.717, 1.165) is 0 Å². The van der Waals surface area contributed by atoms with Gasteiger partial charge in [0.05, 0.1) is 5.60 Å². The third kappa shape index (κ3) is 3.25. The quantitative estimate of drug-likeness (QED) is 0.616. The van der Waals surface area contributed by atoms with Crippen molar-refractivity contribution in [3.63, 3.8) is 0 Å². The third-order valence-corrected chi connectivity index (χ3v) is 2.00. The van der Waals surface area contributed by atoms with Gasteiger partial charge in [-0.3, -0.25) is 14.3 Å². The lowest BCUT2D eigenvalue weighted by atomic mass is 10.1. The monoisotopic (exact) mass is 213 g/mol. The number of aliphatic hydroxyl groups is 1. The smallest absolute Gasteiger partial charge is 0.328 e. The molecule has 6 heteroatoms. The average molecular weight is 213 g/mol. The number of H-pyrrole nitrogens is 1. The Morgan fingerprint density at radius 1 is 1.53 bits per heavy atom. The van der Waals surface area contributed by atoms with Crippen molar-refractivity contribution >= 4 is 5.69 Å². The van der Waals surface area contributed by atoms with Gasteiger partial charge >= 0.3 is 5.69 Å². The van der Waals surface area contributed by atoms with Gasteiger partial charge in [0, 0.05) is 12.7 Å². The molecule has 0 fully saturated rings. The molecule has 0 bridgehead atoms. The Morgan fingerprint density at radius 3 is 2.67 bits per heavy atom. The molecule has 4 N–H and O–H groups in total. The van der Waals surface area contributed by atoms with Crippen LogP contribution in [0.4, 0.5) is 5.69 Å². The van der Waals surface area contributed by atoms with Crippen LogP contribution in [0, 0.1) is 0 Å². The van der Waals surface area contributed by atoms with Crippen LogP contribution in [0.1, 0.15) is 20.3 Å². The minimum atomic E-state index is -0.857. The average Bonchev–Trinajstić information content (AvgIpc) is 2.07. The van der Waals surface area contributed by atoms with Gasteiger partial charge in [0.2, 0.25) is 0 Å². The Morgan fingerprint density at radius 2 is 2.13 bits per heavy atom. The molecule has 84 valence electrons. The standard InChI is InChI=1S/C9H15N3O3/c1-9(2,15)3-4-12-5-6(10)7(13)11-8(12)14/h5,15H,3-4,10H2,1-2H3,(H,11,13,14). The van der Waals surface area contributed by atoms with Crippen LogP contribution in [0.5, 0.6) is 0 Å². The minimum Gasteiger partial charge on any atom is -0.393 e. The number of hydrogen-bond acceptors (Lipinski definition) is 4. The number of anilines is 1. The van der Waals surface area contributed by atoms with Gasteiger partial charge in [-0.2, -0.15) is 0 Å². The summed E-state index contributed by atoms with van der Waals surface area (Å²) in [7, 11) is 0. The lowest BCUT2D eigenvalue weighted by Crippen LogP contribution is -2.33. The fourth-order valence-electron chi connectivity index (χ4n) is 1.09. The maximum atomic E-state index is 11.3. The Bertz CT molecular complexity index is 453. The SMILES string of the molecule is CC(C)(O)CCn1cc(N)c(=O)[nH]c1=O. The van der Waals surface area contributed by atoms with E-state index >= 15 is 0 Å². The van der Waals surface area contributed by atoms with Gasteiger partial charge in [0.15, 0.2) is 0 Å². The number of rotatable bonds is 3. The van der Waals surface area contributed by atoms with Crippen molar-refractivity contribution < 1.29 is 5.11 Å². The minimum absolute atomic E-state index is 0.00894. The molecule has 0 aliphatic rings. The molecule has 0 aliphatic carbocycles. The highest BCUT2D eigenvalue weighted by Crippen LogP contribution is 2.07. The highest BCUT2D eigenvalue weighted by molar-refractivity contribution is 5.30. The molecule has 1 aromatic heterocycles. The molecule has 6 nitrogen and oxygen atoms in total. The first-order valence-electron chi connectivity index (χ1n) is 4.61. The summed E-state index contributed by atoms with van der Waals surface area (Å²) in [5.74, 6) is 0. The van der Waals surface area contributed by atoms with E-state index in [0.29, 0.717) is 13.0 Å². The van der Waals surface area contributed by atoms with Crippen LogP contribution in [0.3, 0.4) is 0 Å². The first-order chi connectivity index (χ1) is 6.79. The summed E-state index contributed by atoms with van der Waals surface area (Å²) < 4.78 is 1.27. The Balaban J connectivity index is 2.92. The molecule has 0 spiro atoms. The Hall–Kier alpha value is -1.56. The fourth-order valence-corrected chi connectivity index (χ4v) is 1.09. The summed E-state index contributed by atoms with van der Waals surface area (Å²) in [5.41, 5.74) is 3.40. The molecule has 0 aliphatic heterocycles. The molecule has 1 aromatic rings. The highest BCUT2D eigenvalue weighted by atomic mass is 16.3. The highest BCUT2D eigenvalue weighted by Gasteiger charge is 2.12. The summed E-state index contributed by atoms with van der Waals surface area (Å²) in [5, 5.41) is 9.48. The maximum Gasteiger partial charge on any atom is 0.328 e. The lowest BCUT2D eigenvalue weighted by molar-refractivity contribution is 0.0658. The van der Waals surface area contributed by atoms with Gasteiger partial charge in [-0.05, 0) is 20.3 Å². The fraction of sp³-hybridized carbons (Fsp3) is 0.556. The van der Waals surface area contributed by atoms with Crippen LogP contribution < -0.4 is 17.0 Å². The predicted octanol–water partition coefficient (Wildman–Crippen LogP) is -0.720. The van der Waals surface area contributed by atoms with Gasteiger partial charge < -0.3 is 10.8 Å².